The number of anilines is 2. The minimum absolute atomic E-state index is 0.0774. The summed E-state index contributed by atoms with van der Waals surface area (Å²) in [5.41, 5.74) is 4.05. The Kier molecular flexibility index (Phi) is 10.4. The average molecular weight is 693 g/mol. The fourth-order valence-corrected chi connectivity index (χ4v) is 6.38. The molecule has 6 rings (SSSR count). The molecule has 0 radical (unpaired) electrons. The van der Waals surface area contributed by atoms with E-state index < -0.39 is 24.3 Å². The summed E-state index contributed by atoms with van der Waals surface area (Å²) in [6.07, 6.45) is 4.41. The lowest BCUT2D eigenvalue weighted by Crippen LogP contribution is -2.42. The number of nitrogens with zero attached hydrogens (tertiary/aromatic N) is 6. The van der Waals surface area contributed by atoms with Crippen LogP contribution >= 0.6 is 23.2 Å². The fourth-order valence-electron chi connectivity index (χ4n) is 6.13. The minimum Gasteiger partial charge on any atom is -0.388 e. The average Bonchev–Trinajstić information content (AvgIpc) is 3.80. The number of aliphatic hydroxyl groups excluding tert-OH is 2. The Hall–Kier alpha value is -4.23. The van der Waals surface area contributed by atoms with Gasteiger partial charge in [0.15, 0.2) is 17.0 Å². The van der Waals surface area contributed by atoms with E-state index in [0.717, 1.165) is 23.4 Å². The molecule has 2 aromatic carbocycles. The highest BCUT2D eigenvalue weighted by Gasteiger charge is 2.43. The first-order chi connectivity index (χ1) is 23.2. The number of aryl methyl sites for hydroxylation is 1. The SMILES string of the molecule is CCC(=O)N[C@H]1C[C@@H](n2cnc3c(NCC(c4ccc(Cl)cc4)c4ccc(Cl)cc4)nc(NCCc4cn(CC)cn4)nc32)[C@H](O)[C@@H]1O. The van der Waals surface area contributed by atoms with E-state index in [2.05, 4.69) is 32.8 Å². The highest BCUT2D eigenvalue weighted by Crippen LogP contribution is 2.35. The molecular formula is C34H39Cl2N9O3. The maximum Gasteiger partial charge on any atom is 0.226 e. The predicted octanol–water partition coefficient (Wildman–Crippen LogP) is 4.81. The van der Waals surface area contributed by atoms with Gasteiger partial charge in [-0.1, -0.05) is 54.4 Å². The second-order valence-electron chi connectivity index (χ2n) is 11.9. The van der Waals surface area contributed by atoms with Gasteiger partial charge in [-0.15, -0.1) is 0 Å². The Bertz CT molecular complexity index is 1800. The van der Waals surface area contributed by atoms with Crippen molar-refractivity contribution in [3.63, 3.8) is 0 Å². The number of carbonyl (C=O) groups is 1. The summed E-state index contributed by atoms with van der Waals surface area (Å²) in [4.78, 5) is 30.9. The number of carbonyl (C=O) groups excluding carboxylic acids is 1. The highest BCUT2D eigenvalue weighted by atomic mass is 35.5. The molecule has 0 aliphatic heterocycles. The Labute approximate surface area is 288 Å². The number of fused-ring (bicyclic) bond motifs is 1. The molecule has 4 atom stereocenters. The van der Waals surface area contributed by atoms with Crippen molar-refractivity contribution in [1.82, 2.24) is 34.4 Å². The van der Waals surface area contributed by atoms with Gasteiger partial charge in [0.05, 0.1) is 30.4 Å². The fraction of sp³-hybridized carbons (Fsp3) is 0.382. The number of amides is 1. The number of imidazole rings is 2. The van der Waals surface area contributed by atoms with Crippen molar-refractivity contribution < 1.29 is 15.0 Å². The molecule has 48 heavy (non-hydrogen) atoms. The molecule has 0 spiro atoms. The van der Waals surface area contributed by atoms with Crippen LogP contribution in [-0.4, -0.2) is 76.5 Å². The van der Waals surface area contributed by atoms with Gasteiger partial charge < -0.3 is 35.3 Å². The number of hydrogen-bond donors (Lipinski definition) is 5. The lowest BCUT2D eigenvalue weighted by molar-refractivity contribution is -0.122. The summed E-state index contributed by atoms with van der Waals surface area (Å²) in [5.74, 6) is 0.613. The maximum atomic E-state index is 12.1. The molecule has 5 N–H and O–H groups in total. The normalized spacial score (nSPS) is 19.2. The number of aromatic nitrogens is 6. The van der Waals surface area contributed by atoms with Crippen LogP contribution in [0.3, 0.4) is 0 Å². The van der Waals surface area contributed by atoms with Gasteiger partial charge in [-0.25, -0.2) is 9.97 Å². The molecule has 252 valence electrons. The molecule has 14 heteroatoms. The van der Waals surface area contributed by atoms with E-state index >= 15 is 0 Å². The van der Waals surface area contributed by atoms with Crippen molar-refractivity contribution in [3.05, 3.63) is 94.2 Å². The lowest BCUT2D eigenvalue weighted by Gasteiger charge is -2.20. The van der Waals surface area contributed by atoms with Gasteiger partial charge in [0.1, 0.15) is 12.2 Å². The zero-order valence-corrected chi connectivity index (χ0v) is 28.2. The van der Waals surface area contributed by atoms with Gasteiger partial charge in [-0.2, -0.15) is 9.97 Å². The van der Waals surface area contributed by atoms with Crippen molar-refractivity contribution in [2.45, 2.75) is 69.9 Å². The molecule has 1 aliphatic rings. The summed E-state index contributed by atoms with van der Waals surface area (Å²) < 4.78 is 3.78. The van der Waals surface area contributed by atoms with Crippen LogP contribution in [0.4, 0.5) is 11.8 Å². The van der Waals surface area contributed by atoms with Crippen LogP contribution in [0.15, 0.2) is 67.4 Å². The standard InChI is InChI=1S/C34H39Cl2N9O3/c1-3-28(46)41-26-15-27(31(48)30(26)47)45-19-40-29-32(42-34(43-33(29)45)37-14-13-24-17-44(4-2)18-39-24)38-16-25(20-5-9-22(35)10-6-20)21-7-11-23(36)12-8-21/h5-12,17-19,25-27,30-31,47-48H,3-4,13-16H2,1-2H3,(H,41,46)(H2,37,38,42,43)/t26-,27+,30+,31-/m0/s1. The largest absolute Gasteiger partial charge is 0.388 e. The van der Waals surface area contributed by atoms with Gasteiger partial charge in [0.2, 0.25) is 11.9 Å². The van der Waals surface area contributed by atoms with Gasteiger partial charge in [-0.05, 0) is 48.7 Å². The van der Waals surface area contributed by atoms with E-state index in [9.17, 15) is 15.0 Å². The number of benzene rings is 2. The molecule has 0 unspecified atom stereocenters. The molecule has 1 fully saturated rings. The number of rotatable bonds is 13. The topological polar surface area (TPSA) is 155 Å². The summed E-state index contributed by atoms with van der Waals surface area (Å²) in [5, 5.41) is 32.9. The summed E-state index contributed by atoms with van der Waals surface area (Å²) in [6.45, 7) is 5.65. The van der Waals surface area contributed by atoms with E-state index in [1.807, 2.05) is 65.6 Å². The van der Waals surface area contributed by atoms with E-state index in [-0.39, 0.29) is 18.2 Å². The number of nitrogens with one attached hydrogen (secondary N) is 3. The van der Waals surface area contributed by atoms with Gasteiger partial charge >= 0.3 is 0 Å². The Balaban J connectivity index is 1.32. The monoisotopic (exact) mass is 691 g/mol. The Morgan fingerprint density at radius 1 is 0.938 bits per heavy atom. The molecule has 1 aliphatic carbocycles. The lowest BCUT2D eigenvalue weighted by atomic mass is 9.91. The van der Waals surface area contributed by atoms with Crippen molar-refractivity contribution >= 4 is 52.0 Å². The van der Waals surface area contributed by atoms with Crippen LogP contribution in [0.5, 0.6) is 0 Å². The number of aliphatic hydroxyl groups is 2. The van der Waals surface area contributed by atoms with Crippen molar-refractivity contribution in [3.8, 4) is 0 Å². The second kappa shape index (κ2) is 14.9. The van der Waals surface area contributed by atoms with Crippen LogP contribution in [-0.2, 0) is 17.8 Å². The quantitative estimate of drug-likeness (QED) is 0.117. The number of halogens is 2. The molecule has 1 amide bonds. The first-order valence-electron chi connectivity index (χ1n) is 16.1. The van der Waals surface area contributed by atoms with Gasteiger partial charge in [-0.3, -0.25) is 4.79 Å². The van der Waals surface area contributed by atoms with E-state index in [4.69, 9.17) is 33.2 Å². The van der Waals surface area contributed by atoms with Crippen molar-refractivity contribution in [2.75, 3.05) is 23.7 Å². The van der Waals surface area contributed by atoms with E-state index in [1.165, 1.54) is 0 Å². The van der Waals surface area contributed by atoms with Gasteiger partial charge in [0.25, 0.3) is 0 Å². The molecule has 0 bridgehead atoms. The molecule has 12 nitrogen and oxygen atoms in total. The molecule has 3 heterocycles. The maximum absolute atomic E-state index is 12.1. The predicted molar refractivity (Wildman–Crippen MR) is 187 cm³/mol. The zero-order valence-electron chi connectivity index (χ0n) is 26.7. The smallest absolute Gasteiger partial charge is 0.226 e. The third kappa shape index (κ3) is 7.41. The molecule has 3 aromatic heterocycles. The minimum atomic E-state index is -1.14. The van der Waals surface area contributed by atoms with Crippen LogP contribution in [0.2, 0.25) is 10.0 Å². The first kappa shape index (κ1) is 33.7. The third-order valence-electron chi connectivity index (χ3n) is 8.83. The van der Waals surface area contributed by atoms with Crippen molar-refractivity contribution in [1.29, 1.82) is 0 Å². The van der Waals surface area contributed by atoms with Crippen molar-refractivity contribution in [2.24, 2.45) is 0 Å². The Morgan fingerprint density at radius 2 is 1.62 bits per heavy atom. The van der Waals surface area contributed by atoms with Crippen LogP contribution in [0.1, 0.15) is 55.5 Å². The third-order valence-corrected chi connectivity index (χ3v) is 9.34. The summed E-state index contributed by atoms with van der Waals surface area (Å²) in [7, 11) is 0. The number of hydrogen-bond acceptors (Lipinski definition) is 9. The molecule has 0 saturated heterocycles. The van der Waals surface area contributed by atoms with Gasteiger partial charge in [0, 0.05) is 54.6 Å². The van der Waals surface area contributed by atoms with E-state index in [1.54, 1.807) is 17.8 Å². The first-order valence-corrected chi connectivity index (χ1v) is 16.9. The highest BCUT2D eigenvalue weighted by molar-refractivity contribution is 6.30. The van der Waals surface area contributed by atoms with Crippen LogP contribution < -0.4 is 16.0 Å². The second-order valence-corrected chi connectivity index (χ2v) is 12.8. The molecule has 1 saturated carbocycles. The zero-order chi connectivity index (χ0) is 33.8. The summed E-state index contributed by atoms with van der Waals surface area (Å²) >= 11 is 12.4. The Morgan fingerprint density at radius 3 is 2.25 bits per heavy atom. The molecular weight excluding hydrogens is 653 g/mol. The van der Waals surface area contributed by atoms with Crippen LogP contribution in [0.25, 0.3) is 11.2 Å². The van der Waals surface area contributed by atoms with Crippen LogP contribution in [0, 0.1) is 0 Å². The van der Waals surface area contributed by atoms with E-state index in [0.29, 0.717) is 58.9 Å². The summed E-state index contributed by atoms with van der Waals surface area (Å²) in [6, 6.07) is 14.3. The molecule has 5 aromatic rings.